The Morgan fingerprint density at radius 1 is 1.25 bits per heavy atom. The zero-order valence-corrected chi connectivity index (χ0v) is 11.4. The Kier molecular flexibility index (Phi) is 4.01. The van der Waals surface area contributed by atoms with Crippen LogP contribution in [-0.2, 0) is 5.41 Å². The highest BCUT2D eigenvalue weighted by Crippen LogP contribution is 2.32. The van der Waals surface area contributed by atoms with Gasteiger partial charge >= 0.3 is 0 Å². The normalized spacial score (nSPS) is 13.6. The van der Waals surface area contributed by atoms with Crippen molar-refractivity contribution in [2.24, 2.45) is 0 Å². The molecule has 0 amide bonds. The third kappa shape index (κ3) is 3.26. The van der Waals surface area contributed by atoms with Gasteiger partial charge in [0.2, 0.25) is 0 Å². The number of hydrogen-bond acceptors (Lipinski definition) is 1. The Morgan fingerprint density at radius 2 is 1.88 bits per heavy atom. The van der Waals surface area contributed by atoms with Crippen LogP contribution in [0.3, 0.4) is 0 Å². The number of rotatable bonds is 3. The van der Waals surface area contributed by atoms with Gasteiger partial charge in [-0.2, -0.15) is 0 Å². The summed E-state index contributed by atoms with van der Waals surface area (Å²) in [4.78, 5) is 0. The van der Waals surface area contributed by atoms with Crippen molar-refractivity contribution >= 4 is 0 Å². The van der Waals surface area contributed by atoms with Gasteiger partial charge in [-0.25, -0.2) is 0 Å². The number of benzene rings is 1. The number of hydrogen-bond donors (Lipinski definition) is 0. The summed E-state index contributed by atoms with van der Waals surface area (Å²) in [5, 5.41) is 0. The van der Waals surface area contributed by atoms with E-state index in [9.17, 15) is 0 Å². The molecule has 0 fully saturated rings. The van der Waals surface area contributed by atoms with Gasteiger partial charge in [-0.05, 0) is 42.9 Å². The molecule has 0 saturated heterocycles. The molecule has 0 bridgehead atoms. The first-order chi connectivity index (χ1) is 7.34. The van der Waals surface area contributed by atoms with Gasteiger partial charge < -0.3 is 4.74 Å². The first-order valence-corrected chi connectivity index (χ1v) is 6.12. The molecule has 0 saturated carbocycles. The summed E-state index contributed by atoms with van der Waals surface area (Å²) in [7, 11) is 0. The van der Waals surface area contributed by atoms with Crippen LogP contribution in [0.2, 0.25) is 0 Å². The van der Waals surface area contributed by atoms with Crippen molar-refractivity contribution in [2.45, 2.75) is 59.5 Å². The summed E-state index contributed by atoms with van der Waals surface area (Å²) >= 11 is 0. The van der Waals surface area contributed by atoms with Gasteiger partial charge in [0.05, 0.1) is 6.10 Å². The van der Waals surface area contributed by atoms with Crippen LogP contribution in [0.5, 0.6) is 5.75 Å². The Labute approximate surface area is 99.8 Å². The molecule has 1 unspecified atom stereocenters. The molecule has 1 atom stereocenters. The molecule has 0 aliphatic carbocycles. The van der Waals surface area contributed by atoms with Gasteiger partial charge in [0, 0.05) is 0 Å². The van der Waals surface area contributed by atoms with E-state index >= 15 is 0 Å². The highest BCUT2D eigenvalue weighted by molar-refractivity contribution is 5.41. The molecular formula is C15H24O. The molecule has 1 aromatic rings. The standard InChI is InChI=1S/C15H24O/c1-7-12(3)16-14-10-11(2)8-9-13(14)15(4,5)6/h8-10,12H,7H2,1-6H3. The van der Waals surface area contributed by atoms with E-state index in [2.05, 4.69) is 59.7 Å². The molecule has 0 radical (unpaired) electrons. The maximum atomic E-state index is 6.00. The van der Waals surface area contributed by atoms with Crippen LogP contribution in [0.25, 0.3) is 0 Å². The molecule has 1 nitrogen and oxygen atoms in total. The highest BCUT2D eigenvalue weighted by atomic mass is 16.5. The summed E-state index contributed by atoms with van der Waals surface area (Å²) in [6.07, 6.45) is 1.32. The maximum absolute atomic E-state index is 6.00. The van der Waals surface area contributed by atoms with E-state index in [1.54, 1.807) is 0 Å². The van der Waals surface area contributed by atoms with Crippen LogP contribution in [0.1, 0.15) is 52.2 Å². The minimum Gasteiger partial charge on any atom is -0.490 e. The minimum atomic E-state index is 0.135. The molecule has 0 heterocycles. The molecule has 0 spiro atoms. The highest BCUT2D eigenvalue weighted by Gasteiger charge is 2.19. The van der Waals surface area contributed by atoms with Crippen molar-refractivity contribution < 1.29 is 4.74 Å². The van der Waals surface area contributed by atoms with E-state index in [0.29, 0.717) is 0 Å². The van der Waals surface area contributed by atoms with Crippen molar-refractivity contribution in [3.05, 3.63) is 29.3 Å². The zero-order chi connectivity index (χ0) is 12.3. The molecule has 1 rings (SSSR count). The zero-order valence-electron chi connectivity index (χ0n) is 11.4. The first-order valence-electron chi connectivity index (χ1n) is 6.12. The quantitative estimate of drug-likeness (QED) is 0.730. The molecule has 1 heteroatoms. The fourth-order valence-corrected chi connectivity index (χ4v) is 1.65. The Balaban J connectivity index is 3.09. The lowest BCUT2D eigenvalue weighted by Gasteiger charge is -2.25. The third-order valence-electron chi connectivity index (χ3n) is 2.85. The average Bonchev–Trinajstić information content (AvgIpc) is 2.15. The predicted molar refractivity (Wildman–Crippen MR) is 70.3 cm³/mol. The molecular weight excluding hydrogens is 196 g/mol. The molecule has 0 N–H and O–H groups in total. The van der Waals surface area contributed by atoms with Crippen molar-refractivity contribution in [1.82, 2.24) is 0 Å². The number of ether oxygens (including phenoxy) is 1. The van der Waals surface area contributed by atoms with Crippen molar-refractivity contribution in [1.29, 1.82) is 0 Å². The Morgan fingerprint density at radius 3 is 2.38 bits per heavy atom. The summed E-state index contributed by atoms with van der Waals surface area (Å²) in [5.74, 6) is 1.04. The van der Waals surface area contributed by atoms with Crippen molar-refractivity contribution in [2.75, 3.05) is 0 Å². The van der Waals surface area contributed by atoms with E-state index in [4.69, 9.17) is 4.74 Å². The fraction of sp³-hybridized carbons (Fsp3) is 0.600. The molecule has 90 valence electrons. The predicted octanol–water partition coefficient (Wildman–Crippen LogP) is 4.47. The molecule has 1 aromatic carbocycles. The SMILES string of the molecule is CCC(C)Oc1cc(C)ccc1C(C)(C)C. The van der Waals surface area contributed by atoms with Crippen LogP contribution in [0.4, 0.5) is 0 Å². The van der Waals surface area contributed by atoms with Crippen LogP contribution >= 0.6 is 0 Å². The van der Waals surface area contributed by atoms with E-state index in [1.165, 1.54) is 11.1 Å². The Hall–Kier alpha value is -0.980. The topological polar surface area (TPSA) is 9.23 Å². The van der Waals surface area contributed by atoms with Gasteiger partial charge in [-0.1, -0.05) is 39.8 Å². The van der Waals surface area contributed by atoms with Crippen LogP contribution in [0.15, 0.2) is 18.2 Å². The number of aryl methyl sites for hydroxylation is 1. The van der Waals surface area contributed by atoms with Gasteiger partial charge in [-0.15, -0.1) is 0 Å². The lowest BCUT2D eigenvalue weighted by atomic mass is 9.86. The second-order valence-electron chi connectivity index (χ2n) is 5.59. The molecule has 0 aliphatic rings. The van der Waals surface area contributed by atoms with E-state index in [1.807, 2.05) is 0 Å². The average molecular weight is 220 g/mol. The lowest BCUT2D eigenvalue weighted by molar-refractivity contribution is 0.212. The minimum absolute atomic E-state index is 0.135. The van der Waals surface area contributed by atoms with Crippen LogP contribution < -0.4 is 4.74 Å². The largest absolute Gasteiger partial charge is 0.490 e. The van der Waals surface area contributed by atoms with Gasteiger partial charge in [0.1, 0.15) is 5.75 Å². The van der Waals surface area contributed by atoms with E-state index < -0.39 is 0 Å². The van der Waals surface area contributed by atoms with Crippen molar-refractivity contribution in [3.8, 4) is 5.75 Å². The third-order valence-corrected chi connectivity index (χ3v) is 2.85. The summed E-state index contributed by atoms with van der Waals surface area (Å²) in [5.41, 5.74) is 2.68. The van der Waals surface area contributed by atoms with Crippen LogP contribution in [0, 0.1) is 6.92 Å². The van der Waals surface area contributed by atoms with Gasteiger partial charge in [0.25, 0.3) is 0 Å². The van der Waals surface area contributed by atoms with E-state index in [-0.39, 0.29) is 11.5 Å². The molecule has 0 aliphatic heterocycles. The van der Waals surface area contributed by atoms with Crippen LogP contribution in [-0.4, -0.2) is 6.10 Å². The maximum Gasteiger partial charge on any atom is 0.123 e. The summed E-state index contributed by atoms with van der Waals surface area (Å²) in [6.45, 7) is 13.0. The smallest absolute Gasteiger partial charge is 0.123 e. The first kappa shape index (κ1) is 13.1. The fourth-order valence-electron chi connectivity index (χ4n) is 1.65. The monoisotopic (exact) mass is 220 g/mol. The molecule has 0 aromatic heterocycles. The van der Waals surface area contributed by atoms with Gasteiger partial charge in [-0.3, -0.25) is 0 Å². The van der Waals surface area contributed by atoms with Gasteiger partial charge in [0.15, 0.2) is 0 Å². The lowest BCUT2D eigenvalue weighted by Crippen LogP contribution is -2.17. The second-order valence-corrected chi connectivity index (χ2v) is 5.59. The summed E-state index contributed by atoms with van der Waals surface area (Å²) in [6, 6.07) is 6.49. The summed E-state index contributed by atoms with van der Waals surface area (Å²) < 4.78 is 6.00. The Bertz CT molecular complexity index is 347. The molecule has 16 heavy (non-hydrogen) atoms. The van der Waals surface area contributed by atoms with Crippen molar-refractivity contribution in [3.63, 3.8) is 0 Å². The van der Waals surface area contributed by atoms with E-state index in [0.717, 1.165) is 12.2 Å². The second kappa shape index (κ2) is 4.90.